The topological polar surface area (TPSA) is 104 Å². The molecule has 0 N–H and O–H groups in total. The first-order valence-electron chi connectivity index (χ1n) is 32.6. The Kier molecular flexibility index (Phi) is 32.5. The summed E-state index contributed by atoms with van der Waals surface area (Å²) in [6.45, 7) is 46.1. The third kappa shape index (κ3) is 23.9. The van der Waals surface area contributed by atoms with Crippen molar-refractivity contribution < 1.29 is 38.1 Å². The summed E-state index contributed by atoms with van der Waals surface area (Å²) in [6.07, 6.45) is 24.4. The molecule has 458 valence electrons. The fourth-order valence-corrected chi connectivity index (χ4v) is 12.0. The Bertz CT molecular complexity index is 2120. The summed E-state index contributed by atoms with van der Waals surface area (Å²) in [4.78, 5) is 45.7. The lowest BCUT2D eigenvalue weighted by atomic mass is 9.91. The normalized spacial score (nSPS) is 18.2. The Labute approximate surface area is 490 Å². The van der Waals surface area contributed by atoms with E-state index in [1.54, 1.807) is 0 Å². The Morgan fingerprint density at radius 1 is 0.487 bits per heavy atom. The van der Waals surface area contributed by atoms with Gasteiger partial charge in [-0.05, 0) is 157 Å². The van der Waals surface area contributed by atoms with Crippen molar-refractivity contribution >= 4 is 17.9 Å². The number of ether oxygens (including phenoxy) is 5. The maximum atomic E-state index is 13.9. The van der Waals surface area contributed by atoms with Crippen molar-refractivity contribution in [2.45, 2.75) is 285 Å². The monoisotopic (exact) mass is 1120 g/mol. The fraction of sp³-hybridized carbons (Fsp3) is 0.786. The molecule has 7 unspecified atom stereocenters. The molecule has 0 aliphatic carbocycles. The molecule has 3 aliphatic heterocycles. The van der Waals surface area contributed by atoms with E-state index in [9.17, 15) is 14.4 Å². The molecular formula is C70H120N2O8. The van der Waals surface area contributed by atoms with Crippen LogP contribution in [-0.4, -0.2) is 85.3 Å². The predicted molar refractivity (Wildman–Crippen MR) is 334 cm³/mol. The smallest absolute Gasteiger partial charge is 0.364 e. The molecule has 3 heterocycles. The number of rotatable bonds is 29. The van der Waals surface area contributed by atoms with Gasteiger partial charge in [0.2, 0.25) is 0 Å². The Balaban J connectivity index is 0.000000429. The highest BCUT2D eigenvalue weighted by atomic mass is 16.6. The molecule has 0 aromatic heterocycles. The maximum absolute atomic E-state index is 13.9. The van der Waals surface area contributed by atoms with Crippen LogP contribution in [0.25, 0.3) is 0 Å². The first-order valence-corrected chi connectivity index (χ1v) is 32.6. The minimum Gasteiger partial charge on any atom is -0.490 e. The highest BCUT2D eigenvalue weighted by molar-refractivity contribution is 6.01. The van der Waals surface area contributed by atoms with Crippen LogP contribution in [0.3, 0.4) is 0 Å². The maximum Gasteiger partial charge on any atom is 0.364 e. The number of carbonyl (C=O) groups excluding carboxylic acids is 3. The van der Waals surface area contributed by atoms with E-state index in [2.05, 4.69) is 86.0 Å². The second kappa shape index (κ2) is 36.8. The second-order valence-electron chi connectivity index (χ2n) is 26.2. The van der Waals surface area contributed by atoms with E-state index >= 15 is 0 Å². The van der Waals surface area contributed by atoms with Crippen LogP contribution in [0.5, 0.6) is 23.0 Å². The summed E-state index contributed by atoms with van der Waals surface area (Å²) in [6, 6.07) is 0. The zero-order chi connectivity index (χ0) is 59.6. The van der Waals surface area contributed by atoms with Crippen molar-refractivity contribution in [3.05, 3.63) is 44.5 Å². The standard InChI is InChI=1S/C38H52N2O8.2C16H34/c1-10-39-17-19-40(20-18-39)16-15-31(41)46-36(37(42)47-32-25(6)26(7)34-30(27(32)8)14-12-21(2)44-34)38(43)48-33-24(5)23(4)29-13-11-22(3)45-35(29)28(33)9;2*1-6-9-15(4)12-8-13-16(5)11-7-10-14(2)3/h21-22,36H,10-20H2,1-9H3;2*14-16H,6-13H2,1-5H3. The molecule has 10 nitrogen and oxygen atoms in total. The Hall–Kier alpha value is -3.63. The first kappa shape index (κ1) is 70.6. The van der Waals surface area contributed by atoms with E-state index < -0.39 is 24.0 Å². The van der Waals surface area contributed by atoms with Crippen LogP contribution in [0.1, 0.15) is 257 Å². The summed E-state index contributed by atoms with van der Waals surface area (Å²) in [5.41, 5.74) is 6.84. The van der Waals surface area contributed by atoms with E-state index in [1.807, 2.05) is 55.4 Å². The number of hydrogen-bond donors (Lipinski definition) is 0. The highest BCUT2D eigenvalue weighted by Crippen LogP contribution is 2.43. The molecule has 0 saturated carbocycles. The molecule has 0 bridgehead atoms. The van der Waals surface area contributed by atoms with Crippen LogP contribution in [0.2, 0.25) is 0 Å². The fourth-order valence-electron chi connectivity index (χ4n) is 12.0. The molecule has 0 amide bonds. The number of piperazine rings is 1. The van der Waals surface area contributed by atoms with Gasteiger partial charge >= 0.3 is 17.9 Å². The van der Waals surface area contributed by atoms with Gasteiger partial charge in [-0.1, -0.05) is 179 Å². The van der Waals surface area contributed by atoms with E-state index in [0.29, 0.717) is 29.4 Å². The number of fused-ring (bicyclic) bond motifs is 2. The molecule has 3 aliphatic rings. The van der Waals surface area contributed by atoms with Crippen molar-refractivity contribution in [1.82, 2.24) is 9.80 Å². The van der Waals surface area contributed by atoms with Crippen LogP contribution in [-0.2, 0) is 32.0 Å². The molecule has 1 fully saturated rings. The number of hydrogen-bond acceptors (Lipinski definition) is 10. The predicted octanol–water partition coefficient (Wildman–Crippen LogP) is 17.5. The first-order chi connectivity index (χ1) is 37.9. The molecule has 2 aromatic carbocycles. The summed E-state index contributed by atoms with van der Waals surface area (Å²) in [7, 11) is 0. The van der Waals surface area contributed by atoms with Crippen LogP contribution >= 0.6 is 0 Å². The quantitative estimate of drug-likeness (QED) is 0.0444. The van der Waals surface area contributed by atoms with Crippen molar-refractivity contribution in [1.29, 1.82) is 0 Å². The van der Waals surface area contributed by atoms with Gasteiger partial charge in [-0.25, -0.2) is 9.59 Å². The molecule has 7 atom stereocenters. The average Bonchev–Trinajstić information content (AvgIpc) is 3.41. The summed E-state index contributed by atoms with van der Waals surface area (Å²) < 4.78 is 29.9. The van der Waals surface area contributed by atoms with Gasteiger partial charge in [-0.15, -0.1) is 0 Å². The molecule has 2 aromatic rings. The lowest BCUT2D eigenvalue weighted by Gasteiger charge is -2.33. The molecule has 0 spiro atoms. The highest BCUT2D eigenvalue weighted by Gasteiger charge is 2.38. The van der Waals surface area contributed by atoms with Crippen molar-refractivity contribution in [3.8, 4) is 23.0 Å². The number of likely N-dealkylation sites (N-methyl/N-ethyl adjacent to an activating group) is 1. The van der Waals surface area contributed by atoms with Crippen molar-refractivity contribution in [2.75, 3.05) is 39.3 Å². The van der Waals surface area contributed by atoms with Gasteiger partial charge in [0.25, 0.3) is 6.10 Å². The zero-order valence-electron chi connectivity index (χ0n) is 54.9. The minimum atomic E-state index is -1.92. The summed E-state index contributed by atoms with van der Waals surface area (Å²) in [5, 5.41) is 0. The Morgan fingerprint density at radius 3 is 1.29 bits per heavy atom. The van der Waals surface area contributed by atoms with Crippen LogP contribution in [0, 0.1) is 77.0 Å². The van der Waals surface area contributed by atoms with Gasteiger partial charge in [0.1, 0.15) is 23.0 Å². The van der Waals surface area contributed by atoms with Crippen LogP contribution < -0.4 is 18.9 Å². The third-order valence-corrected chi connectivity index (χ3v) is 17.8. The number of benzene rings is 2. The van der Waals surface area contributed by atoms with E-state index in [0.717, 1.165) is 139 Å². The second-order valence-corrected chi connectivity index (χ2v) is 26.2. The lowest BCUT2D eigenvalue weighted by molar-refractivity contribution is -0.172. The largest absolute Gasteiger partial charge is 0.490 e. The summed E-state index contributed by atoms with van der Waals surface area (Å²) in [5.74, 6) is 5.05. The van der Waals surface area contributed by atoms with Crippen molar-refractivity contribution in [3.63, 3.8) is 0 Å². The average molecular weight is 1120 g/mol. The van der Waals surface area contributed by atoms with Gasteiger partial charge in [-0.2, -0.15) is 0 Å². The van der Waals surface area contributed by atoms with Crippen LogP contribution in [0.15, 0.2) is 0 Å². The molecule has 1 saturated heterocycles. The van der Waals surface area contributed by atoms with E-state index in [1.165, 1.54) is 103 Å². The van der Waals surface area contributed by atoms with Gasteiger partial charge < -0.3 is 33.5 Å². The zero-order valence-corrected chi connectivity index (χ0v) is 54.9. The molecule has 80 heavy (non-hydrogen) atoms. The lowest BCUT2D eigenvalue weighted by Crippen LogP contribution is -2.47. The molecule has 5 rings (SSSR count). The van der Waals surface area contributed by atoms with Gasteiger partial charge in [0.05, 0.1) is 18.6 Å². The van der Waals surface area contributed by atoms with Gasteiger partial charge in [0, 0.05) is 43.9 Å². The Morgan fingerprint density at radius 2 is 0.863 bits per heavy atom. The SMILES string of the molecule is CCCC(C)CCCC(C)CCCC(C)C.CCCC(C)CCCC(C)CCCC(C)C.CCN1CCN(CCC(=O)OC(C(=O)Oc2c(C)c(C)c3c(c2C)CCC(C)O3)C(=O)Oc2c(C)c(C)c3c(c2C)OC(C)CC3)CC1. The molecular weight excluding hydrogens is 997 g/mol. The molecule has 0 radical (unpaired) electrons. The number of carbonyl (C=O) groups is 3. The number of nitrogens with zero attached hydrogens (tertiary/aromatic N) is 2. The van der Waals surface area contributed by atoms with Gasteiger partial charge in [-0.3, -0.25) is 4.79 Å². The van der Waals surface area contributed by atoms with Crippen LogP contribution in [0.4, 0.5) is 0 Å². The summed E-state index contributed by atoms with van der Waals surface area (Å²) >= 11 is 0. The molecule has 10 heteroatoms. The van der Waals surface area contributed by atoms with E-state index in [-0.39, 0.29) is 18.6 Å². The minimum absolute atomic E-state index is 0.0238. The van der Waals surface area contributed by atoms with Gasteiger partial charge in [0.15, 0.2) is 0 Å². The number of esters is 3. The third-order valence-electron chi connectivity index (χ3n) is 17.8. The van der Waals surface area contributed by atoms with Crippen molar-refractivity contribution in [2.24, 2.45) is 35.5 Å². The van der Waals surface area contributed by atoms with E-state index in [4.69, 9.17) is 23.7 Å².